The van der Waals surface area contributed by atoms with Gasteiger partial charge >= 0.3 is 0 Å². The van der Waals surface area contributed by atoms with Gasteiger partial charge in [0.25, 0.3) is 0 Å². The minimum absolute atomic E-state index is 0. The zero-order valence-electron chi connectivity index (χ0n) is 7.40. The van der Waals surface area contributed by atoms with Crippen LogP contribution >= 0.6 is 36.6 Å². The highest BCUT2D eigenvalue weighted by Crippen LogP contribution is 2.36. The van der Waals surface area contributed by atoms with E-state index in [4.69, 9.17) is 5.73 Å². The molecule has 80 valence electrons. The first-order valence-electron chi connectivity index (χ1n) is 3.96. The summed E-state index contributed by atoms with van der Waals surface area (Å²) in [5.41, 5.74) is 6.80. The van der Waals surface area contributed by atoms with Crippen LogP contribution in [0.5, 0.6) is 0 Å². The second-order valence-corrected chi connectivity index (χ2v) is 4.01. The summed E-state index contributed by atoms with van der Waals surface area (Å²) in [4.78, 5) is 0.747. The number of halogens is 3. The molecule has 0 aliphatic carbocycles. The van der Waals surface area contributed by atoms with Crippen molar-refractivity contribution in [3.05, 3.63) is 29.6 Å². The van der Waals surface area contributed by atoms with Crippen molar-refractivity contribution in [1.82, 2.24) is 0 Å². The zero-order chi connectivity index (χ0) is 8.55. The van der Waals surface area contributed by atoms with E-state index in [-0.39, 0.29) is 36.7 Å². The zero-order valence-corrected chi connectivity index (χ0v) is 9.85. The maximum Gasteiger partial charge on any atom is 0.137 e. The average molecular weight is 256 g/mol. The first kappa shape index (κ1) is 14.0. The maximum atomic E-state index is 13.2. The summed E-state index contributed by atoms with van der Waals surface area (Å²) in [5.74, 6) is 0.794. The molecule has 1 aromatic carbocycles. The Morgan fingerprint density at radius 2 is 2.07 bits per heavy atom. The predicted octanol–water partition coefficient (Wildman–Crippen LogP) is 3.16. The fourth-order valence-corrected chi connectivity index (χ4v) is 2.58. The summed E-state index contributed by atoms with van der Waals surface area (Å²) < 4.78 is 13.2. The van der Waals surface area contributed by atoms with Crippen molar-refractivity contribution in [2.45, 2.75) is 17.4 Å². The number of hydrogen-bond acceptors (Lipinski definition) is 2. The summed E-state index contributed by atoms with van der Waals surface area (Å²) in [6, 6.07) is 5.15. The van der Waals surface area contributed by atoms with E-state index in [0.717, 1.165) is 22.6 Å². The van der Waals surface area contributed by atoms with Gasteiger partial charge in [-0.2, -0.15) is 0 Å². The Bertz CT molecular complexity index is 309. The van der Waals surface area contributed by atoms with Crippen molar-refractivity contribution in [1.29, 1.82) is 0 Å². The molecule has 0 amide bonds. The lowest BCUT2D eigenvalue weighted by atomic mass is 10.1. The molecular weight excluding hydrogens is 244 g/mol. The largest absolute Gasteiger partial charge is 0.324 e. The Kier molecular flexibility index (Phi) is 5.83. The van der Waals surface area contributed by atoms with E-state index >= 15 is 0 Å². The first-order chi connectivity index (χ1) is 5.79. The summed E-state index contributed by atoms with van der Waals surface area (Å²) in [5, 5.41) is 0. The van der Waals surface area contributed by atoms with Crippen LogP contribution in [0.25, 0.3) is 0 Å². The van der Waals surface area contributed by atoms with Gasteiger partial charge in [0.2, 0.25) is 0 Å². The second kappa shape index (κ2) is 5.81. The van der Waals surface area contributed by atoms with Crippen LogP contribution in [0.15, 0.2) is 23.1 Å². The van der Waals surface area contributed by atoms with E-state index in [9.17, 15) is 4.39 Å². The molecule has 2 rings (SSSR count). The Labute approximate surface area is 99.5 Å². The standard InChI is InChI=1S/C9H10FNS.2ClH/c10-7-3-1-2-6-8(11)4-5-12-9(6)7;;/h1-3,8H,4-5,11H2;2*1H. The van der Waals surface area contributed by atoms with Gasteiger partial charge in [-0.15, -0.1) is 36.6 Å². The van der Waals surface area contributed by atoms with Gasteiger partial charge in [0.15, 0.2) is 0 Å². The minimum Gasteiger partial charge on any atom is -0.324 e. The van der Waals surface area contributed by atoms with Gasteiger partial charge in [-0.3, -0.25) is 0 Å². The van der Waals surface area contributed by atoms with E-state index in [0.29, 0.717) is 0 Å². The van der Waals surface area contributed by atoms with Crippen LogP contribution in [0.2, 0.25) is 0 Å². The molecular formula is C9H12Cl2FNS. The molecule has 1 atom stereocenters. The molecule has 0 fully saturated rings. The Hall–Kier alpha value is 0.0400. The normalized spacial score (nSPS) is 18.9. The summed E-state index contributed by atoms with van der Waals surface area (Å²) in [6.45, 7) is 0. The van der Waals surface area contributed by atoms with Crippen LogP contribution in [0.3, 0.4) is 0 Å². The number of benzene rings is 1. The van der Waals surface area contributed by atoms with Crippen LogP contribution in [0.1, 0.15) is 18.0 Å². The Balaban J connectivity index is 0.000000845. The van der Waals surface area contributed by atoms with Crippen molar-refractivity contribution < 1.29 is 4.39 Å². The highest BCUT2D eigenvalue weighted by Gasteiger charge is 2.19. The van der Waals surface area contributed by atoms with Gasteiger partial charge in [0.1, 0.15) is 5.82 Å². The van der Waals surface area contributed by atoms with E-state index in [1.807, 2.05) is 6.07 Å². The molecule has 2 N–H and O–H groups in total. The quantitative estimate of drug-likeness (QED) is 0.771. The molecule has 1 heterocycles. The van der Waals surface area contributed by atoms with Crippen molar-refractivity contribution >= 4 is 36.6 Å². The SMILES string of the molecule is Cl.Cl.NC1CCSc2c(F)cccc21. The fraction of sp³-hybridized carbons (Fsp3) is 0.333. The lowest BCUT2D eigenvalue weighted by Gasteiger charge is -2.21. The third-order valence-electron chi connectivity index (χ3n) is 2.07. The van der Waals surface area contributed by atoms with Gasteiger partial charge in [0.05, 0.1) is 0 Å². The smallest absolute Gasteiger partial charge is 0.137 e. The number of rotatable bonds is 0. The molecule has 1 aromatic rings. The predicted molar refractivity (Wildman–Crippen MR) is 63.2 cm³/mol. The number of thioether (sulfide) groups is 1. The monoisotopic (exact) mass is 255 g/mol. The molecule has 1 unspecified atom stereocenters. The second-order valence-electron chi connectivity index (χ2n) is 2.90. The van der Waals surface area contributed by atoms with Crippen molar-refractivity contribution in [3.63, 3.8) is 0 Å². The number of fused-ring (bicyclic) bond motifs is 1. The maximum absolute atomic E-state index is 13.2. The van der Waals surface area contributed by atoms with Gasteiger partial charge in [-0.1, -0.05) is 12.1 Å². The molecule has 0 bridgehead atoms. The third kappa shape index (κ3) is 2.54. The molecule has 0 saturated carbocycles. The summed E-state index contributed by atoms with van der Waals surface area (Å²) in [7, 11) is 0. The Morgan fingerprint density at radius 1 is 1.36 bits per heavy atom. The van der Waals surface area contributed by atoms with Gasteiger partial charge in [0, 0.05) is 10.9 Å². The fourth-order valence-electron chi connectivity index (χ4n) is 1.41. The third-order valence-corrected chi connectivity index (χ3v) is 3.23. The lowest BCUT2D eigenvalue weighted by molar-refractivity contribution is 0.578. The molecule has 0 spiro atoms. The number of hydrogen-bond donors (Lipinski definition) is 1. The molecule has 5 heteroatoms. The molecule has 1 nitrogen and oxygen atoms in total. The van der Waals surface area contributed by atoms with E-state index in [1.165, 1.54) is 6.07 Å². The van der Waals surface area contributed by atoms with Crippen molar-refractivity contribution in [2.75, 3.05) is 5.75 Å². The van der Waals surface area contributed by atoms with E-state index in [1.54, 1.807) is 17.8 Å². The summed E-state index contributed by atoms with van der Waals surface area (Å²) >= 11 is 1.56. The van der Waals surface area contributed by atoms with Crippen LogP contribution in [0, 0.1) is 5.82 Å². The molecule has 0 radical (unpaired) electrons. The van der Waals surface area contributed by atoms with Gasteiger partial charge in [-0.05, 0) is 23.8 Å². The highest BCUT2D eigenvalue weighted by atomic mass is 35.5. The van der Waals surface area contributed by atoms with Gasteiger partial charge < -0.3 is 5.73 Å². The van der Waals surface area contributed by atoms with Crippen LogP contribution in [-0.4, -0.2) is 5.75 Å². The molecule has 1 aliphatic heterocycles. The molecule has 0 saturated heterocycles. The summed E-state index contributed by atoms with van der Waals surface area (Å²) in [6.07, 6.45) is 0.946. The van der Waals surface area contributed by atoms with Crippen molar-refractivity contribution in [2.24, 2.45) is 5.73 Å². The van der Waals surface area contributed by atoms with E-state index < -0.39 is 0 Å². The van der Waals surface area contributed by atoms with Crippen LogP contribution < -0.4 is 5.73 Å². The van der Waals surface area contributed by atoms with Crippen LogP contribution in [-0.2, 0) is 0 Å². The molecule has 1 aliphatic rings. The number of nitrogens with two attached hydrogens (primary N) is 1. The lowest BCUT2D eigenvalue weighted by Crippen LogP contribution is -2.16. The minimum atomic E-state index is -0.132. The first-order valence-corrected chi connectivity index (χ1v) is 4.94. The van der Waals surface area contributed by atoms with Gasteiger partial charge in [-0.25, -0.2) is 4.39 Å². The van der Waals surface area contributed by atoms with E-state index in [2.05, 4.69) is 0 Å². The Morgan fingerprint density at radius 3 is 2.71 bits per heavy atom. The average Bonchev–Trinajstić information content (AvgIpc) is 2.07. The highest BCUT2D eigenvalue weighted by molar-refractivity contribution is 7.99. The van der Waals surface area contributed by atoms with Crippen molar-refractivity contribution in [3.8, 4) is 0 Å². The molecule has 0 aromatic heterocycles. The molecule has 14 heavy (non-hydrogen) atoms. The van der Waals surface area contributed by atoms with Crippen LogP contribution in [0.4, 0.5) is 4.39 Å². The topological polar surface area (TPSA) is 26.0 Å².